The van der Waals surface area contributed by atoms with Crippen LogP contribution >= 0.6 is 0 Å². The monoisotopic (exact) mass is 343 g/mol. The molecule has 1 aromatic carbocycles. The lowest BCUT2D eigenvalue weighted by molar-refractivity contribution is 0.0942. The van der Waals surface area contributed by atoms with E-state index in [0.717, 1.165) is 5.56 Å². The van der Waals surface area contributed by atoms with Gasteiger partial charge in [0.2, 0.25) is 0 Å². The molecule has 134 valence electrons. The summed E-state index contributed by atoms with van der Waals surface area (Å²) < 4.78 is 1.18. The highest BCUT2D eigenvalue weighted by molar-refractivity contribution is 5.95. The van der Waals surface area contributed by atoms with Crippen molar-refractivity contribution in [2.24, 2.45) is 7.05 Å². The first-order chi connectivity index (χ1) is 11.8. The van der Waals surface area contributed by atoms with Crippen LogP contribution < -0.4 is 10.9 Å². The summed E-state index contributed by atoms with van der Waals surface area (Å²) in [5.74, 6) is -0.438. The summed E-state index contributed by atoms with van der Waals surface area (Å²) >= 11 is 0. The first-order valence-electron chi connectivity index (χ1n) is 8.37. The molecule has 25 heavy (non-hydrogen) atoms. The van der Waals surface area contributed by atoms with E-state index >= 15 is 0 Å². The second-order valence-corrected chi connectivity index (χ2v) is 6.42. The van der Waals surface area contributed by atoms with Crippen molar-refractivity contribution < 1.29 is 9.90 Å². The van der Waals surface area contributed by atoms with Crippen LogP contribution in [0.2, 0.25) is 0 Å². The van der Waals surface area contributed by atoms with Crippen molar-refractivity contribution in [2.45, 2.75) is 39.2 Å². The third-order valence-electron chi connectivity index (χ3n) is 4.36. The van der Waals surface area contributed by atoms with Crippen molar-refractivity contribution in [3.63, 3.8) is 0 Å². The molecule has 2 unspecified atom stereocenters. The summed E-state index contributed by atoms with van der Waals surface area (Å²) in [5.41, 5.74) is 1.99. The number of benzene rings is 1. The van der Waals surface area contributed by atoms with E-state index in [1.54, 1.807) is 20.8 Å². The van der Waals surface area contributed by atoms with Crippen molar-refractivity contribution in [3.8, 4) is 0 Å². The second-order valence-electron chi connectivity index (χ2n) is 6.42. The number of amides is 1. The van der Waals surface area contributed by atoms with Crippen LogP contribution in [0.3, 0.4) is 0 Å². The third kappa shape index (κ3) is 4.54. The minimum Gasteiger partial charge on any atom is -0.393 e. The zero-order valence-corrected chi connectivity index (χ0v) is 15.1. The van der Waals surface area contributed by atoms with Crippen molar-refractivity contribution in [1.29, 1.82) is 0 Å². The molecule has 2 rings (SSSR count). The average molecular weight is 343 g/mol. The highest BCUT2D eigenvalue weighted by Crippen LogP contribution is 2.20. The number of aromatic nitrogens is 2. The van der Waals surface area contributed by atoms with Crippen molar-refractivity contribution >= 4 is 5.91 Å². The Labute approximate surface area is 147 Å². The molecule has 0 fully saturated rings. The number of hydrogen-bond acceptors (Lipinski definition) is 4. The van der Waals surface area contributed by atoms with E-state index in [1.807, 2.05) is 30.3 Å². The van der Waals surface area contributed by atoms with Crippen LogP contribution in [0.15, 0.2) is 35.1 Å². The van der Waals surface area contributed by atoms with Crippen LogP contribution in [0.5, 0.6) is 0 Å². The van der Waals surface area contributed by atoms with E-state index < -0.39 is 17.6 Å². The van der Waals surface area contributed by atoms with Gasteiger partial charge >= 0.3 is 0 Å². The van der Waals surface area contributed by atoms with Crippen LogP contribution in [0.25, 0.3) is 0 Å². The number of nitrogens with one attached hydrogen (secondary N) is 1. The lowest BCUT2D eigenvalue weighted by atomic mass is 9.93. The molecule has 0 radical (unpaired) electrons. The van der Waals surface area contributed by atoms with Gasteiger partial charge in [-0.25, -0.2) is 4.68 Å². The summed E-state index contributed by atoms with van der Waals surface area (Å²) in [6.07, 6.45) is 0.0382. The molecule has 0 aliphatic heterocycles. The van der Waals surface area contributed by atoms with E-state index in [1.165, 1.54) is 11.7 Å². The van der Waals surface area contributed by atoms with Crippen LogP contribution in [0, 0.1) is 13.8 Å². The predicted octanol–water partition coefficient (Wildman–Crippen LogP) is 1.68. The first-order valence-corrected chi connectivity index (χ1v) is 8.37. The van der Waals surface area contributed by atoms with Gasteiger partial charge in [0.25, 0.3) is 11.5 Å². The van der Waals surface area contributed by atoms with Crippen LogP contribution in [0.1, 0.15) is 46.4 Å². The molecule has 6 heteroatoms. The fourth-order valence-electron chi connectivity index (χ4n) is 2.89. The van der Waals surface area contributed by atoms with Gasteiger partial charge in [-0.15, -0.1) is 0 Å². The zero-order valence-electron chi connectivity index (χ0n) is 15.1. The Hall–Kier alpha value is -2.47. The van der Waals surface area contributed by atoms with Gasteiger partial charge in [0.15, 0.2) is 0 Å². The number of aliphatic hydroxyl groups is 1. The summed E-state index contributed by atoms with van der Waals surface area (Å²) in [5, 5.41) is 16.7. The van der Waals surface area contributed by atoms with Gasteiger partial charge in [0.1, 0.15) is 5.56 Å². The average Bonchev–Trinajstić information content (AvgIpc) is 2.57. The second kappa shape index (κ2) is 8.07. The van der Waals surface area contributed by atoms with Gasteiger partial charge in [-0.1, -0.05) is 30.3 Å². The zero-order chi connectivity index (χ0) is 18.6. The number of aliphatic hydroxyl groups excluding tert-OH is 1. The Morgan fingerprint density at radius 1 is 1.28 bits per heavy atom. The quantitative estimate of drug-likeness (QED) is 0.836. The summed E-state index contributed by atoms with van der Waals surface area (Å²) in [6.45, 7) is 5.57. The maximum atomic E-state index is 12.6. The highest BCUT2D eigenvalue weighted by Gasteiger charge is 2.20. The summed E-state index contributed by atoms with van der Waals surface area (Å²) in [7, 11) is 1.53. The van der Waals surface area contributed by atoms with E-state index in [-0.39, 0.29) is 11.5 Å². The molecule has 2 atom stereocenters. The molecule has 1 heterocycles. The number of hydrogen-bond donors (Lipinski definition) is 2. The minimum atomic E-state index is -0.486. The van der Waals surface area contributed by atoms with E-state index in [2.05, 4.69) is 10.4 Å². The molecular formula is C19H25N3O3. The molecule has 0 spiro atoms. The summed E-state index contributed by atoms with van der Waals surface area (Å²) in [4.78, 5) is 24.9. The number of carbonyl (C=O) groups excluding carboxylic acids is 1. The maximum Gasteiger partial charge on any atom is 0.279 e. The fraction of sp³-hybridized carbons (Fsp3) is 0.421. The molecule has 1 aromatic heterocycles. The number of aryl methyl sites for hydroxylation is 2. The Morgan fingerprint density at radius 2 is 1.92 bits per heavy atom. The minimum absolute atomic E-state index is 0.0303. The molecule has 2 aromatic rings. The molecule has 0 aliphatic rings. The van der Waals surface area contributed by atoms with Crippen LogP contribution in [-0.2, 0) is 7.05 Å². The molecule has 2 N–H and O–H groups in total. The highest BCUT2D eigenvalue weighted by atomic mass is 16.3. The Balaban J connectivity index is 2.21. The third-order valence-corrected chi connectivity index (χ3v) is 4.36. The van der Waals surface area contributed by atoms with Crippen molar-refractivity contribution in [2.75, 3.05) is 6.54 Å². The Kier molecular flexibility index (Phi) is 6.09. The van der Waals surface area contributed by atoms with Crippen LogP contribution in [0.4, 0.5) is 0 Å². The van der Waals surface area contributed by atoms with E-state index in [4.69, 9.17) is 0 Å². The number of nitrogens with zero attached hydrogens (tertiary/aromatic N) is 2. The SMILES string of the molecule is Cc1nn(C)c(=O)c(C(=O)NCC(CC(C)O)c2ccccc2)c1C. The largest absolute Gasteiger partial charge is 0.393 e. The molecule has 0 bridgehead atoms. The number of carbonyl (C=O) groups is 1. The van der Waals surface area contributed by atoms with Gasteiger partial charge in [-0.3, -0.25) is 9.59 Å². The predicted molar refractivity (Wildman–Crippen MR) is 96.8 cm³/mol. The molecule has 0 saturated heterocycles. The van der Waals surface area contributed by atoms with Gasteiger partial charge in [0.05, 0.1) is 11.8 Å². The molecule has 1 amide bonds. The van der Waals surface area contributed by atoms with Gasteiger partial charge in [0, 0.05) is 19.5 Å². The first kappa shape index (κ1) is 18.9. The van der Waals surface area contributed by atoms with Gasteiger partial charge in [-0.2, -0.15) is 5.10 Å². The fourth-order valence-corrected chi connectivity index (χ4v) is 2.89. The van der Waals surface area contributed by atoms with E-state index in [0.29, 0.717) is 24.2 Å². The van der Waals surface area contributed by atoms with Crippen molar-refractivity contribution in [3.05, 3.63) is 63.1 Å². The van der Waals surface area contributed by atoms with Gasteiger partial charge in [-0.05, 0) is 38.3 Å². The molecular weight excluding hydrogens is 318 g/mol. The standard InChI is InChI=1S/C19H25N3O3/c1-12(23)10-16(15-8-6-5-7-9-15)11-20-18(24)17-13(2)14(3)21-22(4)19(17)25/h5-9,12,16,23H,10-11H2,1-4H3,(H,20,24). The maximum absolute atomic E-state index is 12.6. The summed E-state index contributed by atoms with van der Waals surface area (Å²) in [6, 6.07) is 9.73. The lowest BCUT2D eigenvalue weighted by Crippen LogP contribution is -2.37. The van der Waals surface area contributed by atoms with Crippen molar-refractivity contribution in [1.82, 2.24) is 15.1 Å². The smallest absolute Gasteiger partial charge is 0.279 e. The van der Waals surface area contributed by atoms with Gasteiger partial charge < -0.3 is 10.4 Å². The normalized spacial score (nSPS) is 13.3. The Bertz CT molecular complexity index is 798. The molecule has 6 nitrogen and oxygen atoms in total. The molecule has 0 saturated carbocycles. The van der Waals surface area contributed by atoms with Crippen LogP contribution in [-0.4, -0.2) is 33.4 Å². The topological polar surface area (TPSA) is 84.2 Å². The Morgan fingerprint density at radius 3 is 2.52 bits per heavy atom. The number of rotatable bonds is 6. The lowest BCUT2D eigenvalue weighted by Gasteiger charge is -2.20. The van der Waals surface area contributed by atoms with E-state index in [9.17, 15) is 14.7 Å². The molecule has 0 aliphatic carbocycles.